The maximum absolute atomic E-state index is 11.6. The van der Waals surface area contributed by atoms with Crippen LogP contribution < -0.4 is 10.1 Å². The van der Waals surface area contributed by atoms with Gasteiger partial charge in [-0.05, 0) is 24.3 Å². The molecule has 1 aromatic rings. The fourth-order valence-corrected chi connectivity index (χ4v) is 1.65. The summed E-state index contributed by atoms with van der Waals surface area (Å²) in [4.78, 5) is 22.0. The highest BCUT2D eigenvalue weighted by molar-refractivity contribution is 7.88. The van der Waals surface area contributed by atoms with Crippen molar-refractivity contribution in [1.29, 1.82) is 0 Å². The summed E-state index contributed by atoms with van der Waals surface area (Å²) in [6.45, 7) is -0.749. The molecule has 0 fully saturated rings. The molecule has 1 aromatic carbocycles. The van der Waals surface area contributed by atoms with Crippen molar-refractivity contribution < 1.29 is 27.9 Å². The molecule has 0 aliphatic carbocycles. The Balaban J connectivity index is 2.55. The molecule has 0 aliphatic rings. The molecule has 0 aromatic heterocycles. The van der Waals surface area contributed by atoms with Crippen LogP contribution in [-0.4, -0.2) is 56.2 Å². The van der Waals surface area contributed by atoms with Gasteiger partial charge in [0, 0.05) is 12.7 Å². The molecule has 1 amide bonds. The zero-order valence-corrected chi connectivity index (χ0v) is 12.4. The number of sulfonamides is 1. The molecule has 0 saturated carbocycles. The normalized spacial score (nSPS) is 11.2. The van der Waals surface area contributed by atoms with Crippen LogP contribution in [0.2, 0.25) is 0 Å². The van der Waals surface area contributed by atoms with Crippen molar-refractivity contribution in [1.82, 2.24) is 4.31 Å². The molecule has 1 rings (SSSR count). The average molecular weight is 316 g/mol. The molecular weight excluding hydrogens is 300 g/mol. The standard InChI is InChI=1S/C12H16N2O6S/c1-14(21(2,18)19)7-11(15)13-9-3-5-10(6-4-9)20-8-12(16)17/h3-6H,7-8H2,1-2H3,(H,13,15)(H,16,17). The number of hydrogen-bond acceptors (Lipinski definition) is 5. The second kappa shape index (κ2) is 7.04. The summed E-state index contributed by atoms with van der Waals surface area (Å²) in [7, 11) is -2.11. The first-order valence-corrected chi connectivity index (χ1v) is 7.69. The zero-order chi connectivity index (χ0) is 16.0. The highest BCUT2D eigenvalue weighted by Crippen LogP contribution is 2.15. The fraction of sp³-hybridized carbons (Fsp3) is 0.333. The van der Waals surface area contributed by atoms with Crippen molar-refractivity contribution in [2.45, 2.75) is 0 Å². The van der Waals surface area contributed by atoms with Crippen LogP contribution in [0, 0.1) is 0 Å². The summed E-state index contributed by atoms with van der Waals surface area (Å²) in [5.41, 5.74) is 0.449. The third-order valence-electron chi connectivity index (χ3n) is 2.43. The van der Waals surface area contributed by atoms with Gasteiger partial charge in [-0.2, -0.15) is 4.31 Å². The number of amides is 1. The van der Waals surface area contributed by atoms with Gasteiger partial charge in [0.2, 0.25) is 15.9 Å². The summed E-state index contributed by atoms with van der Waals surface area (Å²) < 4.78 is 28.2. The van der Waals surface area contributed by atoms with E-state index < -0.39 is 28.5 Å². The van der Waals surface area contributed by atoms with Gasteiger partial charge in [0.05, 0.1) is 12.8 Å². The Morgan fingerprint density at radius 3 is 2.33 bits per heavy atom. The van der Waals surface area contributed by atoms with Gasteiger partial charge in [-0.3, -0.25) is 4.79 Å². The Kier molecular flexibility index (Phi) is 5.68. The van der Waals surface area contributed by atoms with E-state index in [9.17, 15) is 18.0 Å². The molecule has 0 heterocycles. The van der Waals surface area contributed by atoms with Crippen molar-refractivity contribution in [3.63, 3.8) is 0 Å². The van der Waals surface area contributed by atoms with Crippen molar-refractivity contribution in [3.05, 3.63) is 24.3 Å². The number of likely N-dealkylation sites (N-methyl/N-ethyl adjacent to an activating group) is 1. The topological polar surface area (TPSA) is 113 Å². The van der Waals surface area contributed by atoms with E-state index in [-0.39, 0.29) is 6.54 Å². The molecule has 0 unspecified atom stereocenters. The number of rotatable bonds is 7. The van der Waals surface area contributed by atoms with Gasteiger partial charge in [-0.15, -0.1) is 0 Å². The van der Waals surface area contributed by atoms with Crippen molar-refractivity contribution in [3.8, 4) is 5.75 Å². The SMILES string of the molecule is CN(CC(=O)Nc1ccc(OCC(=O)O)cc1)S(C)(=O)=O. The molecule has 0 aliphatic heterocycles. The van der Waals surface area contributed by atoms with Crippen LogP contribution in [0.15, 0.2) is 24.3 Å². The van der Waals surface area contributed by atoms with E-state index in [1.807, 2.05) is 0 Å². The van der Waals surface area contributed by atoms with E-state index in [1.165, 1.54) is 31.3 Å². The first-order valence-electron chi connectivity index (χ1n) is 5.84. The van der Waals surface area contributed by atoms with Gasteiger partial charge in [-0.1, -0.05) is 0 Å². The van der Waals surface area contributed by atoms with E-state index in [0.29, 0.717) is 11.4 Å². The van der Waals surface area contributed by atoms with Gasteiger partial charge in [0.15, 0.2) is 6.61 Å². The molecular formula is C12H16N2O6S. The first-order chi connectivity index (χ1) is 9.68. The fourth-order valence-electron chi connectivity index (χ4n) is 1.30. The lowest BCUT2D eigenvalue weighted by molar-refractivity contribution is -0.139. The first kappa shape index (κ1) is 16.9. The Morgan fingerprint density at radius 2 is 1.86 bits per heavy atom. The predicted molar refractivity (Wildman–Crippen MR) is 75.7 cm³/mol. The molecule has 0 spiro atoms. The van der Waals surface area contributed by atoms with E-state index in [4.69, 9.17) is 9.84 Å². The minimum Gasteiger partial charge on any atom is -0.482 e. The molecule has 21 heavy (non-hydrogen) atoms. The number of nitrogens with one attached hydrogen (secondary N) is 1. The van der Waals surface area contributed by atoms with Crippen molar-refractivity contribution in [2.24, 2.45) is 0 Å². The molecule has 2 N–H and O–H groups in total. The smallest absolute Gasteiger partial charge is 0.341 e. The highest BCUT2D eigenvalue weighted by atomic mass is 32.2. The summed E-state index contributed by atoms with van der Waals surface area (Å²) in [6.07, 6.45) is 1.01. The molecule has 116 valence electrons. The van der Waals surface area contributed by atoms with Gasteiger partial charge < -0.3 is 15.2 Å². The Hall–Kier alpha value is -2.13. The summed E-state index contributed by atoms with van der Waals surface area (Å²) >= 11 is 0. The monoisotopic (exact) mass is 316 g/mol. The van der Waals surface area contributed by atoms with Crippen molar-refractivity contribution >= 4 is 27.6 Å². The number of aliphatic carboxylic acids is 1. The lowest BCUT2D eigenvalue weighted by atomic mass is 10.3. The van der Waals surface area contributed by atoms with Crippen LogP contribution >= 0.6 is 0 Å². The second-order valence-electron chi connectivity index (χ2n) is 4.27. The lowest BCUT2D eigenvalue weighted by Gasteiger charge is -2.13. The van der Waals surface area contributed by atoms with E-state index in [1.54, 1.807) is 0 Å². The van der Waals surface area contributed by atoms with E-state index >= 15 is 0 Å². The number of carbonyl (C=O) groups is 2. The molecule has 0 saturated heterocycles. The van der Waals surface area contributed by atoms with Crippen LogP contribution in [0.25, 0.3) is 0 Å². The highest BCUT2D eigenvalue weighted by Gasteiger charge is 2.15. The molecule has 8 nitrogen and oxygen atoms in total. The zero-order valence-electron chi connectivity index (χ0n) is 11.6. The van der Waals surface area contributed by atoms with Crippen LogP contribution in [0.3, 0.4) is 0 Å². The van der Waals surface area contributed by atoms with E-state index in [0.717, 1.165) is 10.6 Å². The number of ether oxygens (including phenoxy) is 1. The minimum absolute atomic E-state index is 0.296. The van der Waals surface area contributed by atoms with Crippen LogP contribution in [0.5, 0.6) is 5.75 Å². The summed E-state index contributed by atoms with van der Waals surface area (Å²) in [6, 6.07) is 6.04. The third-order valence-corrected chi connectivity index (χ3v) is 3.69. The number of carboxylic acid groups (broad SMARTS) is 1. The quantitative estimate of drug-likeness (QED) is 0.731. The van der Waals surface area contributed by atoms with Gasteiger partial charge in [-0.25, -0.2) is 13.2 Å². The number of carboxylic acids is 1. The Bertz CT molecular complexity index is 611. The van der Waals surface area contributed by atoms with Gasteiger partial charge in [0.1, 0.15) is 5.75 Å². The lowest BCUT2D eigenvalue weighted by Crippen LogP contribution is -2.34. The number of hydrogen-bond donors (Lipinski definition) is 2. The van der Waals surface area contributed by atoms with Crippen LogP contribution in [-0.2, 0) is 19.6 Å². The summed E-state index contributed by atoms with van der Waals surface area (Å²) in [5, 5.41) is 11.0. The van der Waals surface area contributed by atoms with Crippen molar-refractivity contribution in [2.75, 3.05) is 31.8 Å². The molecule has 0 radical (unpaired) electrons. The predicted octanol–water partition coefficient (Wildman–Crippen LogP) is -0.0201. The molecule has 9 heteroatoms. The van der Waals surface area contributed by atoms with Crippen LogP contribution in [0.1, 0.15) is 0 Å². The second-order valence-corrected chi connectivity index (χ2v) is 6.36. The Morgan fingerprint density at radius 1 is 1.29 bits per heavy atom. The van der Waals surface area contributed by atoms with E-state index in [2.05, 4.69) is 5.32 Å². The minimum atomic E-state index is -3.42. The number of nitrogens with zero attached hydrogens (tertiary/aromatic N) is 1. The Labute approximate surface area is 122 Å². The third kappa shape index (κ3) is 6.23. The largest absolute Gasteiger partial charge is 0.482 e. The average Bonchev–Trinajstić information content (AvgIpc) is 2.36. The van der Waals surface area contributed by atoms with Crippen LogP contribution in [0.4, 0.5) is 5.69 Å². The summed E-state index contributed by atoms with van der Waals surface area (Å²) in [5.74, 6) is -1.22. The number of carbonyl (C=O) groups excluding carboxylic acids is 1. The number of benzene rings is 1. The van der Waals surface area contributed by atoms with Gasteiger partial charge in [0.25, 0.3) is 0 Å². The maximum Gasteiger partial charge on any atom is 0.341 e. The maximum atomic E-state index is 11.6. The molecule has 0 atom stereocenters. The van der Waals surface area contributed by atoms with Gasteiger partial charge >= 0.3 is 5.97 Å². The number of anilines is 1. The molecule has 0 bridgehead atoms.